The third-order valence-electron chi connectivity index (χ3n) is 6.70. The number of halogens is 1. The summed E-state index contributed by atoms with van der Waals surface area (Å²) in [6, 6.07) is 4.75. The molecule has 1 aromatic carbocycles. The Morgan fingerprint density at radius 2 is 2.00 bits per heavy atom. The number of likely N-dealkylation sites (tertiary alicyclic amines) is 1. The highest BCUT2D eigenvalue weighted by molar-refractivity contribution is 5.76. The van der Waals surface area contributed by atoms with Crippen molar-refractivity contribution in [1.29, 1.82) is 0 Å². The number of rotatable bonds is 5. The second kappa shape index (κ2) is 8.38. The number of amides is 1. The number of aromatic nitrogens is 1. The molecule has 30 heavy (non-hydrogen) atoms. The van der Waals surface area contributed by atoms with Crippen molar-refractivity contribution in [2.24, 2.45) is 11.8 Å². The molecule has 4 rings (SSSR count). The second-order valence-corrected chi connectivity index (χ2v) is 8.68. The van der Waals surface area contributed by atoms with Gasteiger partial charge < -0.3 is 19.3 Å². The zero-order chi connectivity index (χ0) is 21.4. The van der Waals surface area contributed by atoms with Gasteiger partial charge in [0.2, 0.25) is 5.91 Å². The van der Waals surface area contributed by atoms with Crippen molar-refractivity contribution in [2.75, 3.05) is 13.1 Å². The molecule has 0 spiro atoms. The molecule has 0 bridgehead atoms. The van der Waals surface area contributed by atoms with Gasteiger partial charge in [-0.25, -0.2) is 4.39 Å². The zero-order valence-electron chi connectivity index (χ0n) is 17.7. The van der Waals surface area contributed by atoms with Crippen LogP contribution in [0.1, 0.15) is 41.8 Å². The summed E-state index contributed by atoms with van der Waals surface area (Å²) in [6.45, 7) is 6.79. The molecule has 1 saturated carbocycles. The summed E-state index contributed by atoms with van der Waals surface area (Å²) in [7, 11) is 0. The first kappa shape index (κ1) is 20.8. The van der Waals surface area contributed by atoms with Crippen LogP contribution in [0.15, 0.2) is 22.7 Å². The fourth-order valence-corrected chi connectivity index (χ4v) is 4.85. The molecule has 4 atom stereocenters. The summed E-state index contributed by atoms with van der Waals surface area (Å²) >= 11 is 0. The SMILES string of the molecule is Cc1noc(C)c1CCC(=O)N1C[C@H]2C[C@@H](Oc3cccc(F)c3C)[C@H](O)C[C@H]2C1. The quantitative estimate of drug-likeness (QED) is 0.809. The van der Waals surface area contributed by atoms with Crippen LogP contribution in [0.4, 0.5) is 4.39 Å². The molecule has 7 heteroatoms. The van der Waals surface area contributed by atoms with Crippen molar-refractivity contribution in [3.63, 3.8) is 0 Å². The largest absolute Gasteiger partial charge is 0.487 e. The highest BCUT2D eigenvalue weighted by atomic mass is 19.1. The molecule has 6 nitrogen and oxygen atoms in total. The number of aryl methyl sites for hydroxylation is 2. The van der Waals surface area contributed by atoms with Gasteiger partial charge in [0.15, 0.2) is 0 Å². The molecule has 1 saturated heterocycles. The van der Waals surface area contributed by atoms with Gasteiger partial charge in [0, 0.05) is 30.6 Å². The Kier molecular flexibility index (Phi) is 5.82. The highest BCUT2D eigenvalue weighted by Gasteiger charge is 2.43. The summed E-state index contributed by atoms with van der Waals surface area (Å²) in [5, 5.41) is 14.6. The average Bonchev–Trinajstić information content (AvgIpc) is 3.26. The number of aliphatic hydroxyl groups is 1. The van der Waals surface area contributed by atoms with Crippen LogP contribution >= 0.6 is 0 Å². The van der Waals surface area contributed by atoms with Crippen LogP contribution in [-0.2, 0) is 11.2 Å². The van der Waals surface area contributed by atoms with E-state index in [0.29, 0.717) is 50.1 Å². The number of benzene rings is 1. The molecule has 0 unspecified atom stereocenters. The van der Waals surface area contributed by atoms with Crippen molar-refractivity contribution in [2.45, 2.75) is 58.7 Å². The molecule has 2 aromatic rings. The Morgan fingerprint density at radius 1 is 1.27 bits per heavy atom. The van der Waals surface area contributed by atoms with Crippen LogP contribution in [0.2, 0.25) is 0 Å². The van der Waals surface area contributed by atoms with E-state index in [1.54, 1.807) is 19.1 Å². The molecule has 2 fully saturated rings. The van der Waals surface area contributed by atoms with E-state index in [9.17, 15) is 14.3 Å². The third kappa shape index (κ3) is 4.08. The lowest BCUT2D eigenvalue weighted by molar-refractivity contribution is -0.130. The van der Waals surface area contributed by atoms with Gasteiger partial charge in [-0.15, -0.1) is 0 Å². The minimum Gasteiger partial charge on any atom is -0.487 e. The monoisotopic (exact) mass is 416 g/mol. The van der Waals surface area contributed by atoms with E-state index in [2.05, 4.69) is 5.16 Å². The lowest BCUT2D eigenvalue weighted by Gasteiger charge is -2.35. The predicted octanol–water partition coefficient (Wildman–Crippen LogP) is 3.35. The van der Waals surface area contributed by atoms with E-state index in [0.717, 1.165) is 17.0 Å². The van der Waals surface area contributed by atoms with Gasteiger partial charge in [0.25, 0.3) is 0 Å². The molecule has 1 aromatic heterocycles. The van der Waals surface area contributed by atoms with E-state index >= 15 is 0 Å². The van der Waals surface area contributed by atoms with E-state index < -0.39 is 6.10 Å². The van der Waals surface area contributed by atoms with Gasteiger partial charge in [-0.05, 0) is 64.0 Å². The summed E-state index contributed by atoms with van der Waals surface area (Å²) in [4.78, 5) is 14.7. The first-order chi connectivity index (χ1) is 14.3. The Bertz CT molecular complexity index is 908. The summed E-state index contributed by atoms with van der Waals surface area (Å²) in [5.41, 5.74) is 2.30. The molecule has 0 radical (unpaired) electrons. The Hall–Kier alpha value is -2.41. The Morgan fingerprint density at radius 3 is 2.70 bits per heavy atom. The average molecular weight is 416 g/mol. The lowest BCUT2D eigenvalue weighted by atomic mass is 9.78. The van der Waals surface area contributed by atoms with Crippen LogP contribution in [0.25, 0.3) is 0 Å². The molecular formula is C23H29FN2O4. The van der Waals surface area contributed by atoms with Crippen molar-refractivity contribution in [3.8, 4) is 5.75 Å². The van der Waals surface area contributed by atoms with Gasteiger partial charge in [0.1, 0.15) is 23.4 Å². The van der Waals surface area contributed by atoms with Crippen molar-refractivity contribution in [1.82, 2.24) is 10.1 Å². The number of ether oxygens (including phenoxy) is 1. The number of aliphatic hydroxyl groups excluding tert-OH is 1. The molecule has 1 amide bonds. The molecule has 1 aliphatic heterocycles. The van der Waals surface area contributed by atoms with Crippen LogP contribution < -0.4 is 4.74 Å². The summed E-state index contributed by atoms with van der Waals surface area (Å²) in [6.07, 6.45) is 1.30. The topological polar surface area (TPSA) is 75.8 Å². The number of hydrogen-bond donors (Lipinski definition) is 1. The maximum absolute atomic E-state index is 13.8. The van der Waals surface area contributed by atoms with Gasteiger partial charge >= 0.3 is 0 Å². The van der Waals surface area contributed by atoms with Gasteiger partial charge in [0.05, 0.1) is 11.8 Å². The molecule has 1 N–H and O–H groups in total. The number of fused-ring (bicyclic) bond motifs is 1. The van der Waals surface area contributed by atoms with E-state index in [1.165, 1.54) is 6.07 Å². The summed E-state index contributed by atoms with van der Waals surface area (Å²) in [5.74, 6) is 1.62. The van der Waals surface area contributed by atoms with Crippen molar-refractivity contribution in [3.05, 3.63) is 46.6 Å². The van der Waals surface area contributed by atoms with E-state index in [4.69, 9.17) is 9.26 Å². The molecule has 2 heterocycles. The predicted molar refractivity (Wildman–Crippen MR) is 109 cm³/mol. The van der Waals surface area contributed by atoms with Crippen LogP contribution in [-0.4, -0.2) is 46.4 Å². The van der Waals surface area contributed by atoms with Gasteiger partial charge in [-0.3, -0.25) is 4.79 Å². The molecular weight excluding hydrogens is 387 g/mol. The van der Waals surface area contributed by atoms with Gasteiger partial charge in [-0.2, -0.15) is 0 Å². The standard InChI is InChI=1S/C23H29FN2O4/c1-13-19(24)5-4-6-21(13)29-22-10-17-12-26(11-16(17)9-20(22)27)23(28)8-7-18-14(2)25-30-15(18)3/h4-6,16-17,20,22,27H,7-12H2,1-3H3/t16-,17+,20+,22+/m0/s1. The van der Waals surface area contributed by atoms with Crippen LogP contribution in [0.3, 0.4) is 0 Å². The Balaban J connectivity index is 1.35. The molecule has 162 valence electrons. The van der Waals surface area contributed by atoms with Crippen molar-refractivity contribution < 1.29 is 23.6 Å². The van der Waals surface area contributed by atoms with E-state index in [-0.39, 0.29) is 29.7 Å². The van der Waals surface area contributed by atoms with Crippen LogP contribution in [0.5, 0.6) is 5.75 Å². The minimum absolute atomic E-state index is 0.123. The first-order valence-corrected chi connectivity index (χ1v) is 10.6. The fourth-order valence-electron chi connectivity index (χ4n) is 4.85. The number of hydrogen-bond acceptors (Lipinski definition) is 5. The van der Waals surface area contributed by atoms with Crippen molar-refractivity contribution >= 4 is 5.91 Å². The lowest BCUT2D eigenvalue weighted by Crippen LogP contribution is -2.42. The molecule has 1 aliphatic carbocycles. The number of carbonyl (C=O) groups excluding carboxylic acids is 1. The normalized spacial score (nSPS) is 26.0. The zero-order valence-corrected chi connectivity index (χ0v) is 17.7. The first-order valence-electron chi connectivity index (χ1n) is 10.6. The second-order valence-electron chi connectivity index (χ2n) is 8.68. The summed E-state index contributed by atoms with van der Waals surface area (Å²) < 4.78 is 25.0. The fraction of sp³-hybridized carbons (Fsp3) is 0.565. The third-order valence-corrected chi connectivity index (χ3v) is 6.70. The number of nitrogens with zero attached hydrogens (tertiary/aromatic N) is 2. The van der Waals surface area contributed by atoms with Crippen LogP contribution in [0, 0.1) is 38.4 Å². The maximum Gasteiger partial charge on any atom is 0.222 e. The molecule has 2 aliphatic rings. The van der Waals surface area contributed by atoms with Gasteiger partial charge in [-0.1, -0.05) is 11.2 Å². The number of carbonyl (C=O) groups is 1. The Labute approximate surface area is 176 Å². The maximum atomic E-state index is 13.8. The highest BCUT2D eigenvalue weighted by Crippen LogP contribution is 2.38. The smallest absolute Gasteiger partial charge is 0.222 e. The van der Waals surface area contributed by atoms with E-state index in [1.807, 2.05) is 18.7 Å². The minimum atomic E-state index is -0.619.